The van der Waals surface area contributed by atoms with E-state index in [-0.39, 0.29) is 5.91 Å². The first-order valence-electron chi connectivity index (χ1n) is 8.33. The van der Waals surface area contributed by atoms with E-state index in [0.717, 1.165) is 17.9 Å². The second-order valence-corrected chi connectivity index (χ2v) is 5.76. The van der Waals surface area contributed by atoms with Crippen molar-refractivity contribution in [3.63, 3.8) is 0 Å². The molecule has 0 radical (unpaired) electrons. The smallest absolute Gasteiger partial charge is 0.258 e. The predicted octanol–water partition coefficient (Wildman–Crippen LogP) is 4.58. The second-order valence-electron chi connectivity index (χ2n) is 5.76. The lowest BCUT2D eigenvalue weighted by Crippen LogP contribution is -2.32. The Labute approximate surface area is 148 Å². The van der Waals surface area contributed by atoms with Gasteiger partial charge >= 0.3 is 0 Å². The van der Waals surface area contributed by atoms with E-state index < -0.39 is 0 Å². The molecule has 0 atom stereocenters. The highest BCUT2D eigenvalue weighted by atomic mass is 16.5. The van der Waals surface area contributed by atoms with Gasteiger partial charge in [-0.3, -0.25) is 4.79 Å². The van der Waals surface area contributed by atoms with Gasteiger partial charge in [0.2, 0.25) is 0 Å². The molecule has 0 saturated carbocycles. The van der Waals surface area contributed by atoms with E-state index in [0.29, 0.717) is 12.1 Å². The molecule has 126 valence electrons. The molecule has 0 spiro atoms. The quantitative estimate of drug-likeness (QED) is 0.661. The molecule has 1 amide bonds. The molecule has 0 saturated heterocycles. The van der Waals surface area contributed by atoms with Crippen LogP contribution in [-0.2, 0) is 6.42 Å². The van der Waals surface area contributed by atoms with Crippen molar-refractivity contribution in [2.45, 2.75) is 6.42 Å². The van der Waals surface area contributed by atoms with Crippen LogP contribution in [0.25, 0.3) is 0 Å². The van der Waals surface area contributed by atoms with Crippen LogP contribution in [-0.4, -0.2) is 19.6 Å². The molecule has 0 aliphatic carbocycles. The van der Waals surface area contributed by atoms with E-state index in [1.807, 2.05) is 65.6 Å². The van der Waals surface area contributed by atoms with Crippen molar-refractivity contribution in [3.8, 4) is 5.75 Å². The van der Waals surface area contributed by atoms with Gasteiger partial charge in [0.15, 0.2) is 0 Å². The van der Waals surface area contributed by atoms with Gasteiger partial charge in [0.05, 0.1) is 7.11 Å². The highest BCUT2D eigenvalue weighted by Gasteiger charge is 2.17. The summed E-state index contributed by atoms with van der Waals surface area (Å²) in [6.07, 6.45) is 0.803. The maximum atomic E-state index is 13.1. The van der Waals surface area contributed by atoms with Crippen molar-refractivity contribution in [1.82, 2.24) is 0 Å². The summed E-state index contributed by atoms with van der Waals surface area (Å²) < 4.78 is 5.17. The standard InChI is InChI=1S/C22H21NO2/c1-25-21-14-12-19(13-15-21)22(24)23(20-10-6-3-7-11-20)17-16-18-8-4-2-5-9-18/h2-15H,16-17H2,1H3. The number of nitrogens with zero attached hydrogens (tertiary/aromatic N) is 1. The third-order valence-corrected chi connectivity index (χ3v) is 4.12. The zero-order valence-corrected chi connectivity index (χ0v) is 14.3. The summed E-state index contributed by atoms with van der Waals surface area (Å²) in [6.45, 7) is 0.624. The fourth-order valence-corrected chi connectivity index (χ4v) is 2.73. The van der Waals surface area contributed by atoms with Crippen LogP contribution >= 0.6 is 0 Å². The average Bonchev–Trinajstić information content (AvgIpc) is 2.69. The third-order valence-electron chi connectivity index (χ3n) is 4.12. The Kier molecular flexibility index (Phi) is 5.47. The number of ether oxygens (including phenoxy) is 1. The topological polar surface area (TPSA) is 29.5 Å². The molecule has 0 aliphatic rings. The summed E-state index contributed by atoms with van der Waals surface area (Å²) in [4.78, 5) is 14.9. The fourth-order valence-electron chi connectivity index (χ4n) is 2.73. The Morgan fingerprint density at radius 1 is 0.840 bits per heavy atom. The summed E-state index contributed by atoms with van der Waals surface area (Å²) in [7, 11) is 1.62. The molecule has 0 aromatic heterocycles. The van der Waals surface area contributed by atoms with Crippen LogP contribution in [0.1, 0.15) is 15.9 Å². The third kappa shape index (κ3) is 4.27. The zero-order valence-electron chi connectivity index (χ0n) is 14.3. The molecule has 0 fully saturated rings. The highest BCUT2D eigenvalue weighted by molar-refractivity contribution is 6.06. The van der Waals surface area contributed by atoms with Crippen LogP contribution in [0.5, 0.6) is 5.75 Å². The predicted molar refractivity (Wildman–Crippen MR) is 101 cm³/mol. The van der Waals surface area contributed by atoms with Crippen molar-refractivity contribution in [2.75, 3.05) is 18.6 Å². The van der Waals surface area contributed by atoms with Gasteiger partial charge in [-0.05, 0) is 48.4 Å². The van der Waals surface area contributed by atoms with Gasteiger partial charge in [0, 0.05) is 17.8 Å². The first kappa shape index (κ1) is 16.8. The highest BCUT2D eigenvalue weighted by Crippen LogP contribution is 2.19. The SMILES string of the molecule is COc1ccc(C(=O)N(CCc2ccccc2)c2ccccc2)cc1. The van der Waals surface area contributed by atoms with Gasteiger partial charge in [-0.15, -0.1) is 0 Å². The molecule has 0 unspecified atom stereocenters. The van der Waals surface area contributed by atoms with E-state index in [9.17, 15) is 4.79 Å². The number of para-hydroxylation sites is 1. The zero-order chi connectivity index (χ0) is 17.5. The van der Waals surface area contributed by atoms with Crippen molar-refractivity contribution in [3.05, 3.63) is 96.1 Å². The number of rotatable bonds is 6. The van der Waals surface area contributed by atoms with E-state index >= 15 is 0 Å². The molecule has 0 heterocycles. The van der Waals surface area contributed by atoms with Gasteiger partial charge in [0.25, 0.3) is 5.91 Å². The van der Waals surface area contributed by atoms with Crippen molar-refractivity contribution >= 4 is 11.6 Å². The maximum Gasteiger partial charge on any atom is 0.258 e. The lowest BCUT2D eigenvalue weighted by Gasteiger charge is -2.23. The summed E-state index contributed by atoms with van der Waals surface area (Å²) in [5.41, 5.74) is 2.77. The first-order valence-corrected chi connectivity index (χ1v) is 8.33. The van der Waals surface area contributed by atoms with E-state index in [2.05, 4.69) is 12.1 Å². The van der Waals surface area contributed by atoms with Crippen molar-refractivity contribution < 1.29 is 9.53 Å². The van der Waals surface area contributed by atoms with E-state index in [1.165, 1.54) is 5.56 Å². The van der Waals surface area contributed by atoms with Crippen LogP contribution in [0, 0.1) is 0 Å². The van der Waals surface area contributed by atoms with Crippen LogP contribution in [0.15, 0.2) is 84.9 Å². The Hall–Kier alpha value is -3.07. The number of hydrogen-bond acceptors (Lipinski definition) is 2. The second kappa shape index (κ2) is 8.15. The molecule has 0 bridgehead atoms. The first-order chi connectivity index (χ1) is 12.3. The molecule has 3 aromatic rings. The molecule has 3 heteroatoms. The Bertz CT molecular complexity index is 798. The normalized spacial score (nSPS) is 10.3. The molecule has 3 nitrogen and oxygen atoms in total. The van der Waals surface area contributed by atoms with Gasteiger partial charge in [-0.2, -0.15) is 0 Å². The Morgan fingerprint density at radius 3 is 2.04 bits per heavy atom. The maximum absolute atomic E-state index is 13.1. The summed E-state index contributed by atoms with van der Waals surface area (Å²) >= 11 is 0. The number of anilines is 1. The van der Waals surface area contributed by atoms with Gasteiger partial charge < -0.3 is 9.64 Å². The molecular formula is C22H21NO2. The van der Waals surface area contributed by atoms with Crippen LogP contribution in [0.3, 0.4) is 0 Å². The van der Waals surface area contributed by atoms with Crippen molar-refractivity contribution in [2.24, 2.45) is 0 Å². The average molecular weight is 331 g/mol. The Balaban J connectivity index is 1.83. The lowest BCUT2D eigenvalue weighted by molar-refractivity contribution is 0.0987. The molecule has 0 aliphatic heterocycles. The van der Waals surface area contributed by atoms with E-state index in [1.54, 1.807) is 19.2 Å². The summed E-state index contributed by atoms with van der Waals surface area (Å²) in [5, 5.41) is 0. The van der Waals surface area contributed by atoms with Crippen LogP contribution in [0.4, 0.5) is 5.69 Å². The Morgan fingerprint density at radius 2 is 1.44 bits per heavy atom. The number of carbonyl (C=O) groups is 1. The van der Waals surface area contributed by atoms with Gasteiger partial charge in [0.1, 0.15) is 5.75 Å². The minimum atomic E-state index is -0.00946. The molecule has 3 aromatic carbocycles. The molecule has 3 rings (SSSR count). The number of hydrogen-bond donors (Lipinski definition) is 0. The number of carbonyl (C=O) groups excluding carboxylic acids is 1. The van der Waals surface area contributed by atoms with E-state index in [4.69, 9.17) is 4.74 Å². The molecule has 0 N–H and O–H groups in total. The largest absolute Gasteiger partial charge is 0.497 e. The minimum absolute atomic E-state index is 0.00946. The molecule has 25 heavy (non-hydrogen) atoms. The summed E-state index contributed by atoms with van der Waals surface area (Å²) in [5.74, 6) is 0.733. The van der Waals surface area contributed by atoms with Gasteiger partial charge in [-0.1, -0.05) is 48.5 Å². The van der Waals surface area contributed by atoms with Crippen molar-refractivity contribution in [1.29, 1.82) is 0 Å². The summed E-state index contributed by atoms with van der Waals surface area (Å²) in [6, 6.07) is 27.2. The molecular weight excluding hydrogens is 310 g/mol. The van der Waals surface area contributed by atoms with Crippen LogP contribution < -0.4 is 9.64 Å². The number of amides is 1. The minimum Gasteiger partial charge on any atom is -0.497 e. The van der Waals surface area contributed by atoms with Gasteiger partial charge in [-0.25, -0.2) is 0 Å². The number of methoxy groups -OCH3 is 1. The number of benzene rings is 3. The lowest BCUT2D eigenvalue weighted by atomic mass is 10.1. The van der Waals surface area contributed by atoms with Crippen LogP contribution in [0.2, 0.25) is 0 Å². The monoisotopic (exact) mass is 331 g/mol. The fraction of sp³-hybridized carbons (Fsp3) is 0.136.